The summed E-state index contributed by atoms with van der Waals surface area (Å²) in [5.74, 6) is -0.941. The first-order chi connectivity index (χ1) is 17.2. The molecule has 0 heterocycles. The van der Waals surface area contributed by atoms with Crippen LogP contribution in [0.15, 0.2) is 48.5 Å². The maximum Gasteiger partial charge on any atom is 0.408 e. The van der Waals surface area contributed by atoms with Gasteiger partial charge in [-0.1, -0.05) is 18.2 Å². The number of anilines is 1. The van der Waals surface area contributed by atoms with Gasteiger partial charge in [0, 0.05) is 16.8 Å². The molecule has 4 N–H and O–H groups in total. The predicted molar refractivity (Wildman–Crippen MR) is 139 cm³/mol. The van der Waals surface area contributed by atoms with Gasteiger partial charge in [-0.15, -0.1) is 0 Å². The lowest BCUT2D eigenvalue weighted by molar-refractivity contribution is -0.147. The Labute approximate surface area is 217 Å². The molecule has 0 aliphatic rings. The number of methoxy groups -OCH3 is 1. The van der Waals surface area contributed by atoms with Crippen molar-refractivity contribution in [2.24, 2.45) is 0 Å². The second-order valence-corrected chi connectivity index (χ2v) is 10.4. The number of carbonyl (C=O) groups is 3. The summed E-state index contributed by atoms with van der Waals surface area (Å²) in [5, 5.41) is 25.8. The van der Waals surface area contributed by atoms with Gasteiger partial charge in [-0.2, -0.15) is 0 Å². The van der Waals surface area contributed by atoms with E-state index in [1.807, 2.05) is 0 Å². The molecular formula is C27H37N3O7. The summed E-state index contributed by atoms with van der Waals surface area (Å²) in [6.45, 7) is 9.39. The maximum atomic E-state index is 13.8. The van der Waals surface area contributed by atoms with Crippen LogP contribution in [0.5, 0.6) is 11.5 Å². The molecule has 2 atom stereocenters. The van der Waals surface area contributed by atoms with Crippen molar-refractivity contribution >= 4 is 23.6 Å². The molecule has 0 bridgehead atoms. The highest BCUT2D eigenvalue weighted by atomic mass is 16.6. The van der Waals surface area contributed by atoms with Crippen molar-refractivity contribution in [1.29, 1.82) is 0 Å². The molecule has 0 aliphatic heterocycles. The van der Waals surface area contributed by atoms with Gasteiger partial charge in [0.05, 0.1) is 13.7 Å². The van der Waals surface area contributed by atoms with E-state index in [9.17, 15) is 24.6 Å². The summed E-state index contributed by atoms with van der Waals surface area (Å²) in [6.07, 6.45) is -0.893. The monoisotopic (exact) mass is 515 g/mol. The number of phenols is 1. The van der Waals surface area contributed by atoms with Crippen molar-refractivity contribution in [2.45, 2.75) is 64.8 Å². The summed E-state index contributed by atoms with van der Waals surface area (Å²) in [5.41, 5.74) is -1.19. The number of para-hydroxylation sites is 1. The number of nitrogens with one attached hydrogen (secondary N) is 2. The lowest BCUT2D eigenvalue weighted by Gasteiger charge is -2.42. The molecule has 0 aromatic heterocycles. The molecule has 0 saturated heterocycles. The van der Waals surface area contributed by atoms with Crippen LogP contribution in [-0.4, -0.2) is 63.9 Å². The van der Waals surface area contributed by atoms with E-state index in [2.05, 4.69) is 10.6 Å². The van der Waals surface area contributed by atoms with Crippen LogP contribution in [0.2, 0.25) is 0 Å². The number of benzene rings is 2. The zero-order valence-corrected chi connectivity index (χ0v) is 22.4. The van der Waals surface area contributed by atoms with E-state index in [0.717, 1.165) is 0 Å². The second-order valence-electron chi connectivity index (χ2n) is 10.4. The first-order valence-corrected chi connectivity index (χ1v) is 11.8. The highest BCUT2D eigenvalue weighted by Gasteiger charge is 2.42. The summed E-state index contributed by atoms with van der Waals surface area (Å²) in [7, 11) is 1.53. The van der Waals surface area contributed by atoms with E-state index in [4.69, 9.17) is 9.47 Å². The maximum absolute atomic E-state index is 13.8. The van der Waals surface area contributed by atoms with Crippen LogP contribution in [0.3, 0.4) is 0 Å². The number of carbonyl (C=O) groups excluding carboxylic acids is 3. The van der Waals surface area contributed by atoms with Gasteiger partial charge in [-0.3, -0.25) is 9.59 Å². The third-order valence-corrected chi connectivity index (χ3v) is 5.23. The minimum Gasteiger partial charge on any atom is -0.508 e. The first-order valence-electron chi connectivity index (χ1n) is 11.8. The molecule has 37 heavy (non-hydrogen) atoms. The van der Waals surface area contributed by atoms with Crippen LogP contribution in [-0.2, 0) is 14.3 Å². The molecule has 2 aromatic rings. The Morgan fingerprint density at radius 2 is 1.57 bits per heavy atom. The number of rotatable bonds is 8. The van der Waals surface area contributed by atoms with Crippen LogP contribution >= 0.6 is 0 Å². The fraction of sp³-hybridized carbons (Fsp3) is 0.444. The van der Waals surface area contributed by atoms with Crippen molar-refractivity contribution in [3.05, 3.63) is 54.1 Å². The van der Waals surface area contributed by atoms with E-state index in [1.54, 1.807) is 77.9 Å². The zero-order valence-electron chi connectivity index (χ0n) is 22.4. The standard InChI is InChI=1S/C27H37N3O7/c1-26(2,3)30(24(34)20(16-31)29-25(35)37-27(4,5)6)22(19-10-8-9-11-21(19)32)23(33)28-17-12-14-18(36-7)15-13-17/h8-15,20,22,31-32H,16H2,1-7H3,(H,28,33)(H,29,35). The normalized spacial score (nSPS) is 13.2. The quantitative estimate of drug-likeness (QED) is 0.422. The number of nitrogens with zero attached hydrogens (tertiary/aromatic N) is 1. The Morgan fingerprint density at radius 1 is 0.973 bits per heavy atom. The fourth-order valence-electron chi connectivity index (χ4n) is 3.65. The Kier molecular flexibility index (Phi) is 9.52. The topological polar surface area (TPSA) is 137 Å². The lowest BCUT2D eigenvalue weighted by atomic mass is 9.95. The van der Waals surface area contributed by atoms with Gasteiger partial charge in [-0.05, 0) is 71.9 Å². The summed E-state index contributed by atoms with van der Waals surface area (Å²) < 4.78 is 10.4. The van der Waals surface area contributed by atoms with Crippen LogP contribution in [0.4, 0.5) is 10.5 Å². The Morgan fingerprint density at radius 3 is 2.05 bits per heavy atom. The average Bonchev–Trinajstić information content (AvgIpc) is 2.79. The molecule has 0 saturated carbocycles. The lowest BCUT2D eigenvalue weighted by Crippen LogP contribution is -2.59. The number of amides is 3. The summed E-state index contributed by atoms with van der Waals surface area (Å²) >= 11 is 0. The molecule has 2 aromatic carbocycles. The van der Waals surface area contributed by atoms with Crippen molar-refractivity contribution in [2.75, 3.05) is 19.0 Å². The summed E-state index contributed by atoms with van der Waals surface area (Å²) in [4.78, 5) is 41.1. The van der Waals surface area contributed by atoms with Gasteiger partial charge >= 0.3 is 6.09 Å². The molecule has 2 rings (SSSR count). The molecule has 0 aliphatic carbocycles. The predicted octanol–water partition coefficient (Wildman–Crippen LogP) is 3.59. The fourth-order valence-corrected chi connectivity index (χ4v) is 3.65. The smallest absolute Gasteiger partial charge is 0.408 e. The van der Waals surface area contributed by atoms with Crippen molar-refractivity contribution in [3.63, 3.8) is 0 Å². The summed E-state index contributed by atoms with van der Waals surface area (Å²) in [6, 6.07) is 10.1. The van der Waals surface area contributed by atoms with E-state index in [1.165, 1.54) is 24.1 Å². The third kappa shape index (κ3) is 8.11. The number of aromatic hydroxyl groups is 1. The van der Waals surface area contributed by atoms with Crippen LogP contribution < -0.4 is 15.4 Å². The van der Waals surface area contributed by atoms with Crippen molar-refractivity contribution < 1.29 is 34.1 Å². The number of aliphatic hydroxyl groups excluding tert-OH is 1. The molecule has 0 spiro atoms. The number of aliphatic hydroxyl groups is 1. The molecular weight excluding hydrogens is 478 g/mol. The number of phenolic OH excluding ortho intramolecular Hbond substituents is 1. The van der Waals surface area contributed by atoms with E-state index >= 15 is 0 Å². The van der Waals surface area contributed by atoms with Crippen LogP contribution in [0.25, 0.3) is 0 Å². The molecule has 3 amide bonds. The number of alkyl carbamates (subject to hydrolysis) is 1. The minimum absolute atomic E-state index is 0.172. The third-order valence-electron chi connectivity index (χ3n) is 5.23. The van der Waals surface area contributed by atoms with Crippen molar-refractivity contribution in [3.8, 4) is 11.5 Å². The van der Waals surface area contributed by atoms with Crippen LogP contribution in [0, 0.1) is 0 Å². The van der Waals surface area contributed by atoms with Crippen molar-refractivity contribution in [1.82, 2.24) is 10.2 Å². The highest BCUT2D eigenvalue weighted by molar-refractivity contribution is 5.99. The number of hydrogen-bond donors (Lipinski definition) is 4. The largest absolute Gasteiger partial charge is 0.508 e. The van der Waals surface area contributed by atoms with Gasteiger partial charge < -0.3 is 35.2 Å². The first kappa shape index (κ1) is 29.4. The van der Waals surface area contributed by atoms with Gasteiger partial charge in [-0.25, -0.2) is 4.79 Å². The minimum atomic E-state index is -1.41. The molecule has 10 heteroatoms. The van der Waals surface area contributed by atoms with E-state index < -0.39 is 47.7 Å². The van der Waals surface area contributed by atoms with Gasteiger partial charge in [0.15, 0.2) is 0 Å². The molecule has 0 fully saturated rings. The molecule has 10 nitrogen and oxygen atoms in total. The van der Waals surface area contributed by atoms with Gasteiger partial charge in [0.2, 0.25) is 5.91 Å². The Balaban J connectivity index is 2.52. The number of hydrogen-bond acceptors (Lipinski definition) is 7. The number of ether oxygens (including phenoxy) is 2. The van der Waals surface area contributed by atoms with Gasteiger partial charge in [0.1, 0.15) is 29.2 Å². The van der Waals surface area contributed by atoms with E-state index in [-0.39, 0.29) is 11.3 Å². The highest BCUT2D eigenvalue weighted by Crippen LogP contribution is 2.35. The Hall–Kier alpha value is -3.79. The van der Waals surface area contributed by atoms with E-state index in [0.29, 0.717) is 11.4 Å². The second kappa shape index (κ2) is 12.0. The zero-order chi connectivity index (χ0) is 28.0. The molecule has 2 unspecified atom stereocenters. The Bertz CT molecular complexity index is 1090. The van der Waals surface area contributed by atoms with Crippen LogP contribution in [0.1, 0.15) is 53.1 Å². The SMILES string of the molecule is COc1ccc(NC(=O)C(c2ccccc2O)N(C(=O)C(CO)NC(=O)OC(C)(C)C)C(C)(C)C)cc1. The van der Waals surface area contributed by atoms with Gasteiger partial charge in [0.25, 0.3) is 5.91 Å². The average molecular weight is 516 g/mol. The molecule has 0 radical (unpaired) electrons. The molecule has 202 valence electrons.